The minimum atomic E-state index is 0.0739. The van der Waals surface area contributed by atoms with Crippen LogP contribution in [0.5, 0.6) is 17.2 Å². The highest BCUT2D eigenvalue weighted by molar-refractivity contribution is 5.80. The number of phenols is 1. The minimum absolute atomic E-state index is 0.0739. The fraction of sp³-hybridized carbons (Fsp3) is 0.182. The van der Waals surface area contributed by atoms with Gasteiger partial charge in [0.1, 0.15) is 19.0 Å². The van der Waals surface area contributed by atoms with Gasteiger partial charge in [-0.15, -0.1) is 0 Å². The fourth-order valence-corrected chi connectivity index (χ4v) is 1.79. The van der Waals surface area contributed by atoms with Gasteiger partial charge >= 0.3 is 0 Å². The van der Waals surface area contributed by atoms with E-state index in [0.29, 0.717) is 35.8 Å². The molecule has 2 aromatic rings. The van der Waals surface area contributed by atoms with E-state index in [4.69, 9.17) is 19.7 Å². The molecule has 2 heterocycles. The van der Waals surface area contributed by atoms with Crippen LogP contribution in [0.1, 0.15) is 0 Å². The summed E-state index contributed by atoms with van der Waals surface area (Å²) in [6.45, 7) is 0.908. The predicted molar refractivity (Wildman–Crippen MR) is 59.0 cm³/mol. The van der Waals surface area contributed by atoms with Gasteiger partial charge in [-0.05, 0) is 6.07 Å². The molecule has 0 bridgehead atoms. The van der Waals surface area contributed by atoms with Crippen molar-refractivity contribution in [3.05, 3.63) is 18.3 Å². The third-order valence-corrected chi connectivity index (χ3v) is 2.52. The molecule has 6 heteroatoms. The van der Waals surface area contributed by atoms with Crippen LogP contribution in [-0.4, -0.2) is 23.5 Å². The molecule has 3 rings (SSSR count). The summed E-state index contributed by atoms with van der Waals surface area (Å²) in [5.41, 5.74) is 6.83. The van der Waals surface area contributed by atoms with Crippen LogP contribution < -0.4 is 15.2 Å². The first-order chi connectivity index (χ1) is 8.25. The summed E-state index contributed by atoms with van der Waals surface area (Å²) in [4.78, 5) is 0. The lowest BCUT2D eigenvalue weighted by Gasteiger charge is -2.20. The molecule has 1 aromatic carbocycles. The van der Waals surface area contributed by atoms with E-state index in [1.807, 2.05) is 0 Å². The molecular formula is C11H10N2O4. The lowest BCUT2D eigenvalue weighted by Crippen LogP contribution is -2.15. The molecule has 1 aliphatic heterocycles. The van der Waals surface area contributed by atoms with Crippen molar-refractivity contribution in [1.29, 1.82) is 0 Å². The van der Waals surface area contributed by atoms with Crippen LogP contribution in [0.4, 0.5) is 5.88 Å². The van der Waals surface area contributed by atoms with Crippen molar-refractivity contribution in [2.24, 2.45) is 0 Å². The van der Waals surface area contributed by atoms with Crippen LogP contribution in [-0.2, 0) is 0 Å². The number of hydrogen-bond donors (Lipinski definition) is 2. The number of anilines is 1. The number of nitrogens with zero attached hydrogens (tertiary/aromatic N) is 1. The molecule has 6 nitrogen and oxygen atoms in total. The predicted octanol–water partition coefficient (Wildman–Crippen LogP) is 1.40. The number of aromatic nitrogens is 1. The average molecular weight is 234 g/mol. The van der Waals surface area contributed by atoms with Crippen LogP contribution in [0.3, 0.4) is 0 Å². The number of hydrogen-bond acceptors (Lipinski definition) is 6. The van der Waals surface area contributed by atoms with E-state index in [1.165, 1.54) is 18.3 Å². The number of ether oxygens (including phenoxy) is 2. The molecule has 88 valence electrons. The van der Waals surface area contributed by atoms with E-state index >= 15 is 0 Å². The lowest BCUT2D eigenvalue weighted by molar-refractivity contribution is 0.171. The number of nitrogens with two attached hydrogens (primary N) is 1. The van der Waals surface area contributed by atoms with Crippen LogP contribution in [0.25, 0.3) is 11.1 Å². The number of fused-ring (bicyclic) bond motifs is 1. The van der Waals surface area contributed by atoms with Crippen molar-refractivity contribution in [1.82, 2.24) is 5.16 Å². The van der Waals surface area contributed by atoms with Gasteiger partial charge in [-0.2, -0.15) is 0 Å². The van der Waals surface area contributed by atoms with E-state index in [9.17, 15) is 5.11 Å². The van der Waals surface area contributed by atoms with Crippen LogP contribution >= 0.6 is 0 Å². The number of rotatable bonds is 1. The Balaban J connectivity index is 2.22. The Hall–Kier alpha value is -2.37. The Morgan fingerprint density at radius 2 is 2.00 bits per heavy atom. The van der Waals surface area contributed by atoms with Gasteiger partial charge < -0.3 is 24.8 Å². The summed E-state index contributed by atoms with van der Waals surface area (Å²) in [5, 5.41) is 13.2. The standard InChI is InChI=1S/C11H10N2O4/c12-11-8(5-13-17-11)7-3-6(14)4-9-10(7)16-2-1-15-9/h3-5,14H,1-2,12H2. The molecule has 1 aliphatic rings. The maximum atomic E-state index is 9.63. The molecule has 0 spiro atoms. The zero-order valence-electron chi connectivity index (χ0n) is 8.84. The highest BCUT2D eigenvalue weighted by atomic mass is 16.6. The maximum absolute atomic E-state index is 9.63. The summed E-state index contributed by atoms with van der Waals surface area (Å²) in [5.74, 6) is 1.28. The van der Waals surface area contributed by atoms with Crippen LogP contribution in [0.2, 0.25) is 0 Å². The fourth-order valence-electron chi connectivity index (χ4n) is 1.79. The molecule has 0 atom stereocenters. The van der Waals surface area contributed by atoms with E-state index in [-0.39, 0.29) is 11.6 Å². The van der Waals surface area contributed by atoms with Crippen LogP contribution in [0, 0.1) is 0 Å². The maximum Gasteiger partial charge on any atom is 0.230 e. The average Bonchev–Trinajstić information content (AvgIpc) is 2.74. The van der Waals surface area contributed by atoms with Crippen molar-refractivity contribution >= 4 is 5.88 Å². The molecule has 0 aliphatic carbocycles. The summed E-state index contributed by atoms with van der Waals surface area (Å²) in [7, 11) is 0. The molecule has 3 N–H and O–H groups in total. The molecule has 0 saturated carbocycles. The summed E-state index contributed by atoms with van der Waals surface area (Å²) >= 11 is 0. The molecule has 0 amide bonds. The van der Waals surface area contributed by atoms with Gasteiger partial charge in [0.2, 0.25) is 5.88 Å². The second kappa shape index (κ2) is 3.58. The van der Waals surface area contributed by atoms with Gasteiger partial charge in [-0.3, -0.25) is 0 Å². The highest BCUT2D eigenvalue weighted by Gasteiger charge is 2.21. The first-order valence-corrected chi connectivity index (χ1v) is 5.09. The van der Waals surface area contributed by atoms with Crippen LogP contribution in [0.15, 0.2) is 22.9 Å². The van der Waals surface area contributed by atoms with Gasteiger partial charge in [-0.25, -0.2) is 0 Å². The number of aromatic hydroxyl groups is 1. The molecule has 17 heavy (non-hydrogen) atoms. The minimum Gasteiger partial charge on any atom is -0.508 e. The molecule has 0 saturated heterocycles. The number of nitrogen functional groups attached to an aromatic ring is 1. The summed E-state index contributed by atoms with van der Waals surface area (Å²) in [6, 6.07) is 3.04. The van der Waals surface area contributed by atoms with E-state index in [0.717, 1.165) is 0 Å². The quantitative estimate of drug-likeness (QED) is 0.775. The molecular weight excluding hydrogens is 224 g/mol. The van der Waals surface area contributed by atoms with E-state index < -0.39 is 0 Å². The summed E-state index contributed by atoms with van der Waals surface area (Å²) < 4.78 is 15.7. The SMILES string of the molecule is Nc1oncc1-c1cc(O)cc2c1OCCO2. The zero-order chi connectivity index (χ0) is 11.8. The first kappa shape index (κ1) is 9.83. The summed E-state index contributed by atoms with van der Waals surface area (Å²) in [6.07, 6.45) is 1.47. The van der Waals surface area contributed by atoms with Gasteiger partial charge in [0.05, 0.1) is 11.8 Å². The molecule has 0 radical (unpaired) electrons. The van der Waals surface area contributed by atoms with Crippen molar-refractivity contribution in [2.75, 3.05) is 18.9 Å². The Labute approximate surface area is 96.5 Å². The number of benzene rings is 1. The van der Waals surface area contributed by atoms with Crippen molar-refractivity contribution in [2.45, 2.75) is 0 Å². The molecule has 1 aromatic heterocycles. The Bertz CT molecular complexity index is 565. The molecule has 0 unspecified atom stereocenters. The van der Waals surface area contributed by atoms with Gasteiger partial charge in [0, 0.05) is 11.6 Å². The van der Waals surface area contributed by atoms with Gasteiger partial charge in [0.15, 0.2) is 11.5 Å². The van der Waals surface area contributed by atoms with Crippen molar-refractivity contribution < 1.29 is 19.1 Å². The zero-order valence-corrected chi connectivity index (χ0v) is 8.84. The molecule has 0 fully saturated rings. The highest BCUT2D eigenvalue weighted by Crippen LogP contribution is 2.44. The largest absolute Gasteiger partial charge is 0.508 e. The monoisotopic (exact) mass is 234 g/mol. The Morgan fingerprint density at radius 3 is 2.76 bits per heavy atom. The normalized spacial score (nSPS) is 13.6. The second-order valence-electron chi connectivity index (χ2n) is 3.62. The lowest BCUT2D eigenvalue weighted by atomic mass is 10.1. The smallest absolute Gasteiger partial charge is 0.230 e. The third kappa shape index (κ3) is 1.54. The van der Waals surface area contributed by atoms with Gasteiger partial charge in [-0.1, -0.05) is 5.16 Å². The first-order valence-electron chi connectivity index (χ1n) is 5.09. The topological polar surface area (TPSA) is 90.7 Å². The van der Waals surface area contributed by atoms with Crippen molar-refractivity contribution in [3.8, 4) is 28.4 Å². The van der Waals surface area contributed by atoms with Crippen molar-refractivity contribution in [3.63, 3.8) is 0 Å². The number of phenolic OH excluding ortho intramolecular Hbond substituents is 1. The third-order valence-electron chi connectivity index (χ3n) is 2.52. The van der Waals surface area contributed by atoms with Gasteiger partial charge in [0.25, 0.3) is 0 Å². The Kier molecular flexibility index (Phi) is 2.07. The van der Waals surface area contributed by atoms with E-state index in [1.54, 1.807) is 0 Å². The van der Waals surface area contributed by atoms with E-state index in [2.05, 4.69) is 5.16 Å². The Morgan fingerprint density at radius 1 is 1.18 bits per heavy atom. The second-order valence-corrected chi connectivity index (χ2v) is 3.62.